The topological polar surface area (TPSA) is 68.1 Å². The van der Waals surface area contributed by atoms with Crippen LogP contribution in [0, 0.1) is 0 Å². The van der Waals surface area contributed by atoms with Gasteiger partial charge in [-0.05, 0) is 61.9 Å². The van der Waals surface area contributed by atoms with Crippen molar-refractivity contribution in [3.8, 4) is 11.5 Å². The fraction of sp³-hybridized carbons (Fsp3) is 0.148. The molecule has 0 atom stereocenters. The van der Waals surface area contributed by atoms with Gasteiger partial charge in [-0.3, -0.25) is 5.43 Å². The van der Waals surface area contributed by atoms with Crippen LogP contribution in [0.4, 0.5) is 5.69 Å². The molecule has 4 aromatic rings. The number of hydrogen-bond acceptors (Lipinski definition) is 5. The number of hydrazone groups is 1. The van der Waals surface area contributed by atoms with Gasteiger partial charge in [-0.15, -0.1) is 0 Å². The lowest BCUT2D eigenvalue weighted by Gasteiger charge is -2.13. The molecule has 0 spiro atoms. The number of pyridine rings is 1. The fourth-order valence-corrected chi connectivity index (χ4v) is 3.25. The zero-order valence-electron chi connectivity index (χ0n) is 18.9. The molecule has 0 aliphatic heterocycles. The highest BCUT2D eigenvalue weighted by molar-refractivity contribution is 6.00. The normalized spacial score (nSPS) is 11.8. The summed E-state index contributed by atoms with van der Waals surface area (Å²) in [6.07, 6.45) is 1.77. The monoisotopic (exact) mass is 438 g/mol. The van der Waals surface area contributed by atoms with E-state index in [1.807, 2.05) is 98.8 Å². The number of nitrogens with one attached hydrogen (secondary N) is 1. The first-order valence-corrected chi connectivity index (χ1v) is 10.8. The first-order chi connectivity index (χ1) is 16.1. The van der Waals surface area contributed by atoms with Crippen molar-refractivity contribution >= 4 is 28.6 Å². The molecular weight excluding hydrogens is 412 g/mol. The lowest BCUT2D eigenvalue weighted by atomic mass is 10.2. The number of hydrogen-bond donors (Lipinski definition) is 1. The van der Waals surface area contributed by atoms with Gasteiger partial charge in [-0.1, -0.05) is 42.5 Å². The van der Waals surface area contributed by atoms with Gasteiger partial charge in [0.2, 0.25) is 0 Å². The Morgan fingerprint density at radius 2 is 1.70 bits per heavy atom. The smallest absolute Gasteiger partial charge is 0.173 e. The molecule has 6 heteroatoms. The van der Waals surface area contributed by atoms with Crippen molar-refractivity contribution in [1.29, 1.82) is 0 Å². The number of fused-ring (bicyclic) bond motifs is 1. The van der Waals surface area contributed by atoms with Gasteiger partial charge in [-0.2, -0.15) is 5.10 Å². The summed E-state index contributed by atoms with van der Waals surface area (Å²) < 4.78 is 11.2. The van der Waals surface area contributed by atoms with E-state index < -0.39 is 0 Å². The molecule has 1 heterocycles. The van der Waals surface area contributed by atoms with Gasteiger partial charge in [-0.25, -0.2) is 9.98 Å². The van der Waals surface area contributed by atoms with Crippen molar-refractivity contribution in [3.63, 3.8) is 0 Å². The summed E-state index contributed by atoms with van der Waals surface area (Å²) in [6.45, 7) is 3.96. The van der Waals surface area contributed by atoms with Gasteiger partial charge in [0.05, 0.1) is 30.6 Å². The molecule has 166 valence electrons. The van der Waals surface area contributed by atoms with Crippen LogP contribution in [0.2, 0.25) is 0 Å². The summed E-state index contributed by atoms with van der Waals surface area (Å²) >= 11 is 0. The quantitative estimate of drug-likeness (QED) is 0.227. The number of nitrogens with zero attached hydrogens (tertiary/aromatic N) is 3. The van der Waals surface area contributed by atoms with Gasteiger partial charge in [0.25, 0.3) is 0 Å². The van der Waals surface area contributed by atoms with Gasteiger partial charge < -0.3 is 9.47 Å². The SMILES string of the molecule is COc1cc(/C=N/NC(=Nc2ccccc2)c2ccc3ccccc3n2)ccc1OC(C)C. The first kappa shape index (κ1) is 22.0. The molecule has 0 aliphatic carbocycles. The molecule has 0 unspecified atom stereocenters. The molecule has 0 aliphatic rings. The van der Waals surface area contributed by atoms with Gasteiger partial charge in [0.15, 0.2) is 17.3 Å². The van der Waals surface area contributed by atoms with E-state index in [2.05, 4.69) is 10.5 Å². The van der Waals surface area contributed by atoms with Crippen molar-refractivity contribution < 1.29 is 9.47 Å². The maximum Gasteiger partial charge on any atom is 0.173 e. The molecule has 1 N–H and O–H groups in total. The zero-order valence-corrected chi connectivity index (χ0v) is 18.9. The largest absolute Gasteiger partial charge is 0.493 e. The Hall–Kier alpha value is -4.19. The van der Waals surface area contributed by atoms with E-state index in [0.717, 1.165) is 22.2 Å². The van der Waals surface area contributed by atoms with E-state index >= 15 is 0 Å². The van der Waals surface area contributed by atoms with E-state index in [1.165, 1.54) is 0 Å². The second kappa shape index (κ2) is 10.4. The van der Waals surface area contributed by atoms with Crippen LogP contribution in [0.25, 0.3) is 10.9 Å². The van der Waals surface area contributed by atoms with Crippen LogP contribution >= 0.6 is 0 Å². The summed E-state index contributed by atoms with van der Waals surface area (Å²) in [6, 6.07) is 27.4. The number of benzene rings is 3. The Balaban J connectivity index is 1.62. The van der Waals surface area contributed by atoms with Crippen molar-refractivity contribution in [2.75, 3.05) is 7.11 Å². The maximum absolute atomic E-state index is 5.78. The number of ether oxygens (including phenoxy) is 2. The fourth-order valence-electron chi connectivity index (χ4n) is 3.25. The minimum Gasteiger partial charge on any atom is -0.493 e. The number of aliphatic imine (C=N–C) groups is 1. The Bertz CT molecular complexity index is 1280. The van der Waals surface area contributed by atoms with Crippen LogP contribution in [0.15, 0.2) is 95.0 Å². The van der Waals surface area contributed by atoms with Gasteiger partial charge in [0, 0.05) is 5.39 Å². The van der Waals surface area contributed by atoms with Crippen LogP contribution in [0.1, 0.15) is 25.1 Å². The number of amidine groups is 1. The minimum atomic E-state index is 0.0614. The van der Waals surface area contributed by atoms with Crippen LogP contribution in [0.3, 0.4) is 0 Å². The maximum atomic E-state index is 5.78. The van der Waals surface area contributed by atoms with Crippen molar-refractivity contribution in [2.45, 2.75) is 20.0 Å². The predicted octanol–water partition coefficient (Wildman–Crippen LogP) is 5.73. The third-order valence-electron chi connectivity index (χ3n) is 4.77. The molecule has 0 bridgehead atoms. The molecule has 4 rings (SSSR count). The van der Waals surface area contributed by atoms with E-state index in [9.17, 15) is 0 Å². The number of para-hydroxylation sites is 2. The summed E-state index contributed by atoms with van der Waals surface area (Å²) in [5.41, 5.74) is 6.33. The minimum absolute atomic E-state index is 0.0614. The number of methoxy groups -OCH3 is 1. The van der Waals surface area contributed by atoms with Crippen molar-refractivity contribution in [1.82, 2.24) is 10.4 Å². The van der Waals surface area contributed by atoms with Crippen molar-refractivity contribution in [2.24, 2.45) is 10.1 Å². The third-order valence-corrected chi connectivity index (χ3v) is 4.77. The van der Waals surface area contributed by atoms with Crippen LogP contribution < -0.4 is 14.9 Å². The van der Waals surface area contributed by atoms with E-state index in [-0.39, 0.29) is 6.10 Å². The standard InChI is InChI=1S/C27H26N4O2/c1-19(2)33-25-16-13-20(17-26(25)32-3)18-28-31-27(29-22-10-5-4-6-11-22)24-15-14-21-9-7-8-12-23(21)30-24/h4-19H,1-3H3,(H,29,31)/b28-18+. The first-order valence-electron chi connectivity index (χ1n) is 10.8. The summed E-state index contributed by atoms with van der Waals surface area (Å²) in [7, 11) is 1.62. The van der Waals surface area contributed by atoms with Gasteiger partial charge in [0.1, 0.15) is 5.69 Å². The Morgan fingerprint density at radius 1 is 0.909 bits per heavy atom. The van der Waals surface area contributed by atoms with Gasteiger partial charge >= 0.3 is 0 Å². The summed E-state index contributed by atoms with van der Waals surface area (Å²) in [4.78, 5) is 9.49. The Kier molecular flexibility index (Phi) is 6.95. The summed E-state index contributed by atoms with van der Waals surface area (Å²) in [5, 5.41) is 5.49. The molecule has 1 aromatic heterocycles. The highest BCUT2D eigenvalue weighted by atomic mass is 16.5. The van der Waals surface area contributed by atoms with E-state index in [0.29, 0.717) is 23.0 Å². The molecule has 33 heavy (non-hydrogen) atoms. The lowest BCUT2D eigenvalue weighted by Crippen LogP contribution is -2.20. The molecule has 0 amide bonds. The van der Waals surface area contributed by atoms with E-state index in [1.54, 1.807) is 13.3 Å². The Labute approximate surface area is 193 Å². The number of rotatable bonds is 7. The van der Waals surface area contributed by atoms with Crippen LogP contribution in [-0.4, -0.2) is 30.2 Å². The lowest BCUT2D eigenvalue weighted by molar-refractivity contribution is 0.230. The zero-order chi connectivity index (χ0) is 23.0. The Morgan fingerprint density at radius 3 is 2.48 bits per heavy atom. The molecule has 0 saturated heterocycles. The molecule has 3 aromatic carbocycles. The highest BCUT2D eigenvalue weighted by Crippen LogP contribution is 2.28. The molecule has 0 saturated carbocycles. The molecule has 6 nitrogen and oxygen atoms in total. The van der Waals surface area contributed by atoms with Crippen LogP contribution in [-0.2, 0) is 0 Å². The van der Waals surface area contributed by atoms with Crippen molar-refractivity contribution in [3.05, 3.63) is 96.2 Å². The second-order valence-corrected chi connectivity index (χ2v) is 7.63. The third kappa shape index (κ3) is 5.74. The molecular formula is C27H26N4O2. The van der Waals surface area contributed by atoms with E-state index in [4.69, 9.17) is 19.5 Å². The average Bonchev–Trinajstić information content (AvgIpc) is 2.84. The predicted molar refractivity (Wildman–Crippen MR) is 134 cm³/mol. The van der Waals surface area contributed by atoms with Crippen LogP contribution in [0.5, 0.6) is 11.5 Å². The summed E-state index contributed by atoms with van der Waals surface area (Å²) in [5.74, 6) is 1.90. The average molecular weight is 439 g/mol. The number of aromatic nitrogens is 1. The molecule has 0 fully saturated rings. The highest BCUT2D eigenvalue weighted by Gasteiger charge is 2.08. The molecule has 0 radical (unpaired) electrons. The second-order valence-electron chi connectivity index (χ2n) is 7.63.